The van der Waals surface area contributed by atoms with Crippen LogP contribution in [0.2, 0.25) is 0 Å². The van der Waals surface area contributed by atoms with Crippen molar-refractivity contribution in [1.29, 1.82) is 0 Å². The van der Waals surface area contributed by atoms with E-state index < -0.39 is 54.6 Å². The first-order valence-electron chi connectivity index (χ1n) is 9.85. The minimum absolute atomic E-state index is 0.00795. The molecule has 2 heterocycles. The zero-order valence-electron chi connectivity index (χ0n) is 17.5. The van der Waals surface area contributed by atoms with Gasteiger partial charge in [0.2, 0.25) is 0 Å². The highest BCUT2D eigenvalue weighted by atomic mass is 16.7. The van der Waals surface area contributed by atoms with Gasteiger partial charge in [0.1, 0.15) is 35.7 Å². The second kappa shape index (κ2) is 9.21. The first-order valence-corrected chi connectivity index (χ1v) is 9.85. The topological polar surface area (TPSA) is 159 Å². The number of aliphatic hydroxyl groups excluding tert-OH is 4. The third-order valence-electron chi connectivity index (χ3n) is 5.39. The predicted molar refractivity (Wildman–Crippen MR) is 108 cm³/mol. The largest absolute Gasteiger partial charge is 0.496 e. The quantitative estimate of drug-likeness (QED) is 0.349. The third kappa shape index (κ3) is 4.90. The Morgan fingerprint density at radius 2 is 1.77 bits per heavy atom. The molecule has 6 atom stereocenters. The van der Waals surface area contributed by atoms with Crippen molar-refractivity contribution in [2.75, 3.05) is 13.7 Å². The van der Waals surface area contributed by atoms with Gasteiger partial charge in [-0.1, -0.05) is 0 Å². The molecule has 0 aliphatic carbocycles. The summed E-state index contributed by atoms with van der Waals surface area (Å²) in [6, 6.07) is 6.29. The lowest BCUT2D eigenvalue weighted by Crippen LogP contribution is -2.60. The fourth-order valence-electron chi connectivity index (χ4n) is 3.55. The maximum Gasteiger partial charge on any atom is 0.336 e. The Balaban J connectivity index is 1.97. The molecule has 1 aromatic heterocycles. The molecular weight excluding hydrogens is 412 g/mol. The summed E-state index contributed by atoms with van der Waals surface area (Å²) in [6.07, 6.45) is -8.42. The summed E-state index contributed by atoms with van der Waals surface area (Å²) in [6.45, 7) is 2.35. The highest BCUT2D eigenvalue weighted by molar-refractivity contribution is 5.82. The summed E-state index contributed by atoms with van der Waals surface area (Å²) in [5, 5.41) is 51.0. The summed E-state index contributed by atoms with van der Waals surface area (Å²) >= 11 is 0. The van der Waals surface area contributed by atoms with Gasteiger partial charge in [0.25, 0.3) is 0 Å². The van der Waals surface area contributed by atoms with Crippen LogP contribution in [0, 0.1) is 0 Å². The smallest absolute Gasteiger partial charge is 0.336 e. The van der Waals surface area contributed by atoms with Gasteiger partial charge in [-0.2, -0.15) is 0 Å². The molecule has 172 valence electrons. The molecule has 1 aliphatic heterocycles. The molecule has 2 aromatic rings. The van der Waals surface area contributed by atoms with Crippen LogP contribution in [0.25, 0.3) is 11.0 Å². The molecule has 10 heteroatoms. The average Bonchev–Trinajstić information content (AvgIpc) is 2.72. The lowest BCUT2D eigenvalue weighted by atomic mass is 9.93. The lowest BCUT2D eigenvalue weighted by molar-refractivity contribution is -0.321. The SMILES string of the molecule is COc1ccc2ccc(=O)oc2c1C[C@H](O[C@H]1O[C@@H](CO)[C@H](O)[C@@H](O)[C@@H]1O)C(C)(C)O. The van der Waals surface area contributed by atoms with Gasteiger partial charge in [-0.25, -0.2) is 4.79 Å². The fourth-order valence-corrected chi connectivity index (χ4v) is 3.55. The summed E-state index contributed by atoms with van der Waals surface area (Å²) in [5.41, 5.74) is -1.31. The van der Waals surface area contributed by atoms with Crippen LogP contribution in [0.3, 0.4) is 0 Å². The molecule has 0 amide bonds. The Morgan fingerprint density at radius 1 is 1.10 bits per heavy atom. The maximum atomic E-state index is 11.8. The molecule has 0 unspecified atom stereocenters. The van der Waals surface area contributed by atoms with Crippen molar-refractivity contribution in [1.82, 2.24) is 0 Å². The van der Waals surface area contributed by atoms with Gasteiger partial charge in [-0.3, -0.25) is 0 Å². The van der Waals surface area contributed by atoms with E-state index in [1.165, 1.54) is 27.0 Å². The summed E-state index contributed by atoms with van der Waals surface area (Å²) in [4.78, 5) is 11.8. The standard InChI is InChI=1S/C21H28O10/c1-21(2,27)14(30-20-18(26)17(25)16(24)13(9-22)29-20)8-11-12(28-3)6-4-10-5-7-15(23)31-19(10)11/h4-7,13-14,16-18,20,22,24-27H,8-9H2,1-3H3/t13-,14-,16-,17+,18-,20+/m0/s1. The number of ether oxygens (including phenoxy) is 3. The van der Waals surface area contributed by atoms with Crippen molar-refractivity contribution >= 4 is 11.0 Å². The molecule has 0 radical (unpaired) electrons. The summed E-state index contributed by atoms with van der Waals surface area (Å²) in [7, 11) is 1.45. The second-order valence-electron chi connectivity index (χ2n) is 8.10. The molecule has 0 saturated carbocycles. The normalized spacial score (nSPS) is 27.9. The molecule has 3 rings (SSSR count). The van der Waals surface area contributed by atoms with Gasteiger partial charge in [-0.05, 0) is 32.0 Å². The van der Waals surface area contributed by atoms with Gasteiger partial charge in [-0.15, -0.1) is 0 Å². The van der Waals surface area contributed by atoms with E-state index in [1.54, 1.807) is 18.2 Å². The molecule has 0 spiro atoms. The van der Waals surface area contributed by atoms with Gasteiger partial charge in [0, 0.05) is 23.4 Å². The van der Waals surface area contributed by atoms with E-state index in [1.807, 2.05) is 0 Å². The van der Waals surface area contributed by atoms with Gasteiger partial charge >= 0.3 is 5.63 Å². The van der Waals surface area contributed by atoms with Crippen LogP contribution < -0.4 is 10.4 Å². The molecular formula is C21H28O10. The molecule has 0 bridgehead atoms. The number of benzene rings is 1. The van der Waals surface area contributed by atoms with E-state index in [-0.39, 0.29) is 12.0 Å². The second-order valence-corrected chi connectivity index (χ2v) is 8.10. The van der Waals surface area contributed by atoms with Crippen LogP contribution in [0.1, 0.15) is 19.4 Å². The van der Waals surface area contributed by atoms with Gasteiger partial charge in [0.05, 0.1) is 25.4 Å². The fraction of sp³-hybridized carbons (Fsp3) is 0.571. The first-order chi connectivity index (χ1) is 14.6. The Hall–Kier alpha value is -2.05. The van der Waals surface area contributed by atoms with E-state index in [4.69, 9.17) is 18.6 Å². The predicted octanol–water partition coefficient (Wildman–Crippen LogP) is -0.700. The first kappa shape index (κ1) is 23.6. The Kier molecular flexibility index (Phi) is 7.01. The van der Waals surface area contributed by atoms with Crippen molar-refractivity contribution in [3.8, 4) is 5.75 Å². The number of aliphatic hydroxyl groups is 5. The van der Waals surface area contributed by atoms with E-state index >= 15 is 0 Å². The Bertz CT molecular complexity index is 947. The molecule has 1 fully saturated rings. The highest BCUT2D eigenvalue weighted by Crippen LogP contribution is 2.33. The van der Waals surface area contributed by atoms with E-state index in [0.717, 1.165) is 0 Å². The van der Waals surface area contributed by atoms with Crippen LogP contribution in [-0.4, -0.2) is 81.7 Å². The minimum atomic E-state index is -1.63. The summed E-state index contributed by atoms with van der Waals surface area (Å²) < 4.78 is 22.0. The Morgan fingerprint density at radius 3 is 2.39 bits per heavy atom. The van der Waals surface area contributed by atoms with E-state index in [0.29, 0.717) is 16.7 Å². The average molecular weight is 440 g/mol. The molecule has 1 aliphatic rings. The lowest BCUT2D eigenvalue weighted by Gasteiger charge is -2.42. The van der Waals surface area contributed by atoms with Crippen molar-refractivity contribution < 1.29 is 44.2 Å². The monoisotopic (exact) mass is 440 g/mol. The molecule has 1 saturated heterocycles. The number of fused-ring (bicyclic) bond motifs is 1. The van der Waals surface area contributed by atoms with Crippen molar-refractivity contribution in [3.63, 3.8) is 0 Å². The highest BCUT2D eigenvalue weighted by Gasteiger charge is 2.46. The van der Waals surface area contributed by atoms with Crippen LogP contribution in [0.5, 0.6) is 5.75 Å². The van der Waals surface area contributed by atoms with Crippen molar-refractivity contribution in [2.24, 2.45) is 0 Å². The zero-order chi connectivity index (χ0) is 22.9. The van der Waals surface area contributed by atoms with Crippen molar-refractivity contribution in [2.45, 2.75) is 62.7 Å². The number of hydrogen-bond donors (Lipinski definition) is 5. The number of hydrogen-bond acceptors (Lipinski definition) is 10. The number of methoxy groups -OCH3 is 1. The van der Waals surface area contributed by atoms with Gasteiger partial charge < -0.3 is 44.2 Å². The maximum absolute atomic E-state index is 11.8. The number of rotatable bonds is 7. The van der Waals surface area contributed by atoms with Crippen LogP contribution in [0.15, 0.2) is 33.5 Å². The molecule has 5 N–H and O–H groups in total. The summed E-state index contributed by atoms with van der Waals surface area (Å²) in [5.74, 6) is 0.397. The van der Waals surface area contributed by atoms with Crippen LogP contribution >= 0.6 is 0 Å². The van der Waals surface area contributed by atoms with Crippen molar-refractivity contribution in [3.05, 3.63) is 40.2 Å². The van der Waals surface area contributed by atoms with Crippen LogP contribution in [0.4, 0.5) is 0 Å². The van der Waals surface area contributed by atoms with E-state index in [9.17, 15) is 30.3 Å². The minimum Gasteiger partial charge on any atom is -0.496 e. The van der Waals surface area contributed by atoms with E-state index in [2.05, 4.69) is 0 Å². The Labute approximate surface area is 178 Å². The zero-order valence-corrected chi connectivity index (χ0v) is 17.5. The van der Waals surface area contributed by atoms with Crippen LogP contribution in [-0.2, 0) is 15.9 Å². The third-order valence-corrected chi connectivity index (χ3v) is 5.39. The molecule has 31 heavy (non-hydrogen) atoms. The molecule has 1 aromatic carbocycles. The van der Waals surface area contributed by atoms with Gasteiger partial charge in [0.15, 0.2) is 6.29 Å². The molecule has 10 nitrogen and oxygen atoms in total.